The van der Waals surface area contributed by atoms with E-state index in [1.165, 1.54) is 31.5 Å². The maximum atomic E-state index is 12.1. The fourth-order valence-corrected chi connectivity index (χ4v) is 3.67. The maximum absolute atomic E-state index is 12.1. The first-order valence-corrected chi connectivity index (χ1v) is 10.7. The summed E-state index contributed by atoms with van der Waals surface area (Å²) in [6.45, 7) is 4.56. The van der Waals surface area contributed by atoms with Crippen LogP contribution in [-0.2, 0) is 24.4 Å². The third-order valence-corrected chi connectivity index (χ3v) is 5.36. The average Bonchev–Trinajstić information content (AvgIpc) is 3.46. The number of carbonyl (C=O) groups is 1. The van der Waals surface area contributed by atoms with E-state index in [2.05, 4.69) is 49.9 Å². The Bertz CT molecular complexity index is 932. The Balaban J connectivity index is 1.16. The zero-order valence-corrected chi connectivity index (χ0v) is 17.2. The van der Waals surface area contributed by atoms with Crippen molar-refractivity contribution in [1.29, 1.82) is 0 Å². The summed E-state index contributed by atoms with van der Waals surface area (Å²) in [7, 11) is 0. The zero-order valence-electron chi connectivity index (χ0n) is 17.2. The molecule has 7 nitrogen and oxygen atoms in total. The van der Waals surface area contributed by atoms with Crippen LogP contribution in [0.5, 0.6) is 0 Å². The lowest BCUT2D eigenvalue weighted by molar-refractivity contribution is -0.121. The molecule has 0 unspecified atom stereocenters. The highest BCUT2D eigenvalue weighted by Gasteiger charge is 2.11. The molecule has 1 N–H and O–H groups in total. The average molecular weight is 405 g/mol. The number of aryl methyl sites for hydroxylation is 1. The van der Waals surface area contributed by atoms with Crippen LogP contribution in [-0.4, -0.2) is 44.1 Å². The second kappa shape index (κ2) is 10.1. The number of nitrogens with zero attached hydrogens (tertiary/aromatic N) is 5. The zero-order chi connectivity index (χ0) is 20.6. The molecule has 7 heteroatoms. The van der Waals surface area contributed by atoms with Crippen LogP contribution in [0.3, 0.4) is 0 Å². The van der Waals surface area contributed by atoms with Crippen molar-refractivity contribution in [2.75, 3.05) is 13.1 Å². The molecule has 3 aromatic rings. The summed E-state index contributed by atoms with van der Waals surface area (Å²) in [5.74, 6) is 0.646. The number of amides is 1. The predicted molar refractivity (Wildman–Crippen MR) is 115 cm³/mol. The van der Waals surface area contributed by atoms with Gasteiger partial charge in [0, 0.05) is 25.1 Å². The van der Waals surface area contributed by atoms with Crippen molar-refractivity contribution in [1.82, 2.24) is 30.4 Å². The second-order valence-corrected chi connectivity index (χ2v) is 7.76. The first-order valence-electron chi connectivity index (χ1n) is 10.7. The van der Waals surface area contributed by atoms with E-state index in [9.17, 15) is 4.79 Å². The van der Waals surface area contributed by atoms with Crippen molar-refractivity contribution in [2.24, 2.45) is 0 Å². The first kappa shape index (κ1) is 20.2. The minimum atomic E-state index is 0.0412. The van der Waals surface area contributed by atoms with Gasteiger partial charge in [-0.05, 0) is 48.7 Å². The number of aromatic nitrogens is 4. The summed E-state index contributed by atoms with van der Waals surface area (Å²) in [5.41, 5.74) is 3.40. The molecule has 1 aliphatic rings. The van der Waals surface area contributed by atoms with Crippen LogP contribution >= 0.6 is 0 Å². The smallest absolute Gasteiger partial charge is 0.220 e. The van der Waals surface area contributed by atoms with Crippen LogP contribution in [0.4, 0.5) is 0 Å². The Morgan fingerprint density at radius 1 is 0.967 bits per heavy atom. The van der Waals surface area contributed by atoms with Crippen LogP contribution in [0.2, 0.25) is 0 Å². The van der Waals surface area contributed by atoms with E-state index in [-0.39, 0.29) is 5.91 Å². The number of hydrogen-bond acceptors (Lipinski definition) is 5. The largest absolute Gasteiger partial charge is 0.352 e. The minimum Gasteiger partial charge on any atom is -0.352 e. The van der Waals surface area contributed by atoms with E-state index in [1.807, 2.05) is 30.3 Å². The van der Waals surface area contributed by atoms with Gasteiger partial charge in [-0.2, -0.15) is 4.80 Å². The highest BCUT2D eigenvalue weighted by molar-refractivity contribution is 5.75. The lowest BCUT2D eigenvalue weighted by atomic mass is 10.1. The number of likely N-dealkylation sites (tertiary alicyclic amines) is 1. The van der Waals surface area contributed by atoms with Gasteiger partial charge in [0.15, 0.2) is 0 Å². The van der Waals surface area contributed by atoms with E-state index >= 15 is 0 Å². The number of rotatable bonds is 9. The molecule has 1 saturated heterocycles. The van der Waals surface area contributed by atoms with Crippen molar-refractivity contribution in [2.45, 2.75) is 45.3 Å². The fraction of sp³-hybridized carbons (Fsp3) is 0.391. The molecule has 4 rings (SSSR count). The van der Waals surface area contributed by atoms with Crippen molar-refractivity contribution in [3.05, 3.63) is 65.7 Å². The fourth-order valence-electron chi connectivity index (χ4n) is 3.67. The van der Waals surface area contributed by atoms with E-state index in [1.54, 1.807) is 4.80 Å². The Morgan fingerprint density at radius 2 is 1.70 bits per heavy atom. The van der Waals surface area contributed by atoms with Crippen molar-refractivity contribution >= 4 is 5.91 Å². The molecule has 0 atom stereocenters. The van der Waals surface area contributed by atoms with Crippen molar-refractivity contribution in [3.63, 3.8) is 0 Å². The van der Waals surface area contributed by atoms with Gasteiger partial charge in [0.2, 0.25) is 11.7 Å². The predicted octanol–water partition coefficient (Wildman–Crippen LogP) is 3.03. The number of tetrazole rings is 1. The molecule has 0 spiro atoms. The molecule has 2 aromatic carbocycles. The van der Waals surface area contributed by atoms with Crippen LogP contribution in [0.1, 0.15) is 36.8 Å². The summed E-state index contributed by atoms with van der Waals surface area (Å²) in [6.07, 6.45) is 3.73. The Labute approximate surface area is 177 Å². The molecule has 0 radical (unpaired) electrons. The normalized spacial score (nSPS) is 14.1. The van der Waals surface area contributed by atoms with Crippen molar-refractivity contribution < 1.29 is 4.79 Å². The summed E-state index contributed by atoms with van der Waals surface area (Å²) in [4.78, 5) is 16.2. The highest BCUT2D eigenvalue weighted by atomic mass is 16.1. The van der Waals surface area contributed by atoms with E-state index in [4.69, 9.17) is 0 Å². The number of carbonyl (C=O) groups excluding carboxylic acids is 1. The van der Waals surface area contributed by atoms with Crippen LogP contribution in [0, 0.1) is 0 Å². The molecule has 1 amide bonds. The van der Waals surface area contributed by atoms with E-state index < -0.39 is 0 Å². The number of benzene rings is 2. The summed E-state index contributed by atoms with van der Waals surface area (Å²) in [6, 6.07) is 18.3. The van der Waals surface area contributed by atoms with E-state index in [0.29, 0.717) is 31.8 Å². The van der Waals surface area contributed by atoms with Gasteiger partial charge in [0.05, 0.1) is 6.54 Å². The van der Waals surface area contributed by atoms with Gasteiger partial charge in [-0.15, -0.1) is 10.2 Å². The van der Waals surface area contributed by atoms with Gasteiger partial charge in [-0.1, -0.05) is 54.6 Å². The summed E-state index contributed by atoms with van der Waals surface area (Å²) < 4.78 is 0. The highest BCUT2D eigenvalue weighted by Crippen LogP contribution is 2.14. The lowest BCUT2D eigenvalue weighted by Gasteiger charge is -2.14. The van der Waals surface area contributed by atoms with Gasteiger partial charge >= 0.3 is 0 Å². The standard InChI is InChI=1S/C23H28N6O/c30-22(9-6-16-29-26-23(25-27-29)21-7-2-1-3-8-21)24-17-19-10-12-20(13-11-19)18-28-14-4-5-15-28/h1-3,7-8,10-13H,4-6,9,14-18H2,(H,24,30). The molecule has 0 saturated carbocycles. The van der Waals surface area contributed by atoms with Crippen LogP contribution < -0.4 is 5.32 Å². The topological polar surface area (TPSA) is 75.9 Å². The molecule has 0 bridgehead atoms. The molecule has 30 heavy (non-hydrogen) atoms. The number of hydrogen-bond donors (Lipinski definition) is 1. The summed E-state index contributed by atoms with van der Waals surface area (Å²) >= 11 is 0. The van der Waals surface area contributed by atoms with Gasteiger partial charge in [-0.3, -0.25) is 9.69 Å². The van der Waals surface area contributed by atoms with Crippen LogP contribution in [0.25, 0.3) is 11.4 Å². The Morgan fingerprint density at radius 3 is 2.47 bits per heavy atom. The molecule has 1 aliphatic heterocycles. The Hall–Kier alpha value is -3.06. The molecular formula is C23H28N6O. The summed E-state index contributed by atoms with van der Waals surface area (Å²) in [5, 5.41) is 15.5. The van der Waals surface area contributed by atoms with Gasteiger partial charge < -0.3 is 5.32 Å². The van der Waals surface area contributed by atoms with E-state index in [0.717, 1.165) is 17.7 Å². The number of nitrogens with one attached hydrogen (secondary N) is 1. The molecule has 1 aromatic heterocycles. The van der Waals surface area contributed by atoms with Gasteiger partial charge in [0.25, 0.3) is 0 Å². The third kappa shape index (κ3) is 5.73. The third-order valence-electron chi connectivity index (χ3n) is 5.36. The second-order valence-electron chi connectivity index (χ2n) is 7.76. The molecule has 0 aliphatic carbocycles. The van der Waals surface area contributed by atoms with Crippen molar-refractivity contribution in [3.8, 4) is 11.4 Å². The monoisotopic (exact) mass is 404 g/mol. The molecule has 156 valence electrons. The maximum Gasteiger partial charge on any atom is 0.220 e. The van der Waals surface area contributed by atoms with Gasteiger partial charge in [0.1, 0.15) is 0 Å². The Kier molecular flexibility index (Phi) is 6.82. The SMILES string of the molecule is O=C(CCCn1nnc(-c2ccccc2)n1)NCc1ccc(CN2CCCC2)cc1. The lowest BCUT2D eigenvalue weighted by Crippen LogP contribution is -2.23. The quantitative estimate of drug-likeness (QED) is 0.593. The first-order chi connectivity index (χ1) is 14.8. The van der Waals surface area contributed by atoms with Gasteiger partial charge in [-0.25, -0.2) is 0 Å². The molecule has 2 heterocycles. The molecular weight excluding hydrogens is 376 g/mol. The minimum absolute atomic E-state index is 0.0412. The van der Waals surface area contributed by atoms with Crippen LogP contribution in [0.15, 0.2) is 54.6 Å². The molecule has 1 fully saturated rings.